The summed E-state index contributed by atoms with van der Waals surface area (Å²) in [6.07, 6.45) is 42.4. The fourth-order valence-electron chi connectivity index (χ4n) is 14.1. The summed E-state index contributed by atoms with van der Waals surface area (Å²) in [5, 5.41) is 0. The minimum atomic E-state index is 0.844. The molecular weight excluding hydrogens is 528 g/mol. The van der Waals surface area contributed by atoms with E-state index < -0.39 is 0 Å². The van der Waals surface area contributed by atoms with Crippen LogP contribution in [0.2, 0.25) is 0 Å². The molecule has 11 unspecified atom stereocenters. The van der Waals surface area contributed by atoms with Gasteiger partial charge in [-0.25, -0.2) is 0 Å². The molecule has 5 saturated carbocycles. The predicted octanol–water partition coefficient (Wildman–Crippen LogP) is 13.7. The Labute approximate surface area is 276 Å². The third-order valence-electron chi connectivity index (χ3n) is 16.0. The van der Waals surface area contributed by atoms with Crippen molar-refractivity contribution < 1.29 is 0 Å². The molecule has 0 aromatic heterocycles. The zero-order valence-corrected chi connectivity index (χ0v) is 30.2. The van der Waals surface area contributed by atoms with Gasteiger partial charge < -0.3 is 0 Å². The number of rotatable bonds is 9. The Morgan fingerprint density at radius 2 is 1.14 bits per heavy atom. The lowest BCUT2D eigenvalue weighted by atomic mass is 9.51. The summed E-state index contributed by atoms with van der Waals surface area (Å²) in [5.41, 5.74) is 0. The van der Waals surface area contributed by atoms with Crippen molar-refractivity contribution in [3.8, 4) is 0 Å². The highest BCUT2D eigenvalue weighted by Crippen LogP contribution is 2.59. The summed E-state index contributed by atoms with van der Waals surface area (Å²) in [5.74, 6) is 13.9. The quantitative estimate of drug-likeness (QED) is 0.230. The van der Waals surface area contributed by atoms with Crippen molar-refractivity contribution in [2.75, 3.05) is 0 Å². The third kappa shape index (κ3) is 7.40. The van der Waals surface area contributed by atoms with Crippen LogP contribution in [-0.2, 0) is 0 Å². The Bertz CT molecular complexity index is 851. The lowest BCUT2D eigenvalue weighted by molar-refractivity contribution is -0.0467. The summed E-state index contributed by atoms with van der Waals surface area (Å²) in [6, 6.07) is 0. The van der Waals surface area contributed by atoms with Crippen molar-refractivity contribution in [1.29, 1.82) is 0 Å². The van der Waals surface area contributed by atoms with Crippen LogP contribution in [0.25, 0.3) is 0 Å². The normalized spacial score (nSPS) is 43.7. The van der Waals surface area contributed by atoms with Crippen molar-refractivity contribution in [3.63, 3.8) is 0 Å². The molecule has 0 saturated heterocycles. The molecule has 0 spiro atoms. The van der Waals surface area contributed by atoms with Crippen LogP contribution in [0.1, 0.15) is 182 Å². The molecule has 0 amide bonds. The molecule has 0 bridgehead atoms. The zero-order valence-electron chi connectivity index (χ0n) is 30.2. The summed E-state index contributed by atoms with van der Waals surface area (Å²) < 4.78 is 0. The summed E-state index contributed by atoms with van der Waals surface area (Å²) in [7, 11) is 0. The van der Waals surface area contributed by atoms with E-state index in [9.17, 15) is 0 Å². The van der Waals surface area contributed by atoms with E-state index in [1.54, 1.807) is 77.0 Å². The molecule has 44 heavy (non-hydrogen) atoms. The van der Waals surface area contributed by atoms with Crippen LogP contribution >= 0.6 is 0 Å². The average Bonchev–Trinajstić information content (AvgIpc) is 3.77. The van der Waals surface area contributed by atoms with E-state index >= 15 is 0 Å². The van der Waals surface area contributed by atoms with Gasteiger partial charge in [0.05, 0.1) is 0 Å². The number of allylic oxidation sites excluding steroid dienone is 2. The molecule has 0 radical (unpaired) electrons. The van der Waals surface area contributed by atoms with Crippen molar-refractivity contribution in [3.05, 3.63) is 12.2 Å². The molecule has 0 heterocycles. The summed E-state index contributed by atoms with van der Waals surface area (Å²) >= 11 is 0. The Hall–Kier alpha value is -0.260. The van der Waals surface area contributed by atoms with Gasteiger partial charge in [-0.3, -0.25) is 0 Å². The smallest absolute Gasteiger partial charge is 0.0199 e. The standard InChI is InChI=1S/C44H76/c1-5-17-41-43(40-25-16-24-39(40)35-20-14-15-21-35)31(4)28-38(34-18-10-8-11-19-34)30-42(44(41)36-22-12-9-13-23-36)37-27-26-32(6-2)33(7-3)29-37/h26-27,31-44H,5-25,28-30H2,1-4H3. The zero-order chi connectivity index (χ0) is 30.5. The average molecular weight is 605 g/mol. The second-order valence-electron chi connectivity index (χ2n) is 18.1. The lowest BCUT2D eigenvalue weighted by Gasteiger charge is -2.54. The minimum absolute atomic E-state index is 0.844. The predicted molar refractivity (Wildman–Crippen MR) is 192 cm³/mol. The van der Waals surface area contributed by atoms with E-state index in [0.717, 1.165) is 82.9 Å². The van der Waals surface area contributed by atoms with Crippen LogP contribution in [0.3, 0.4) is 0 Å². The van der Waals surface area contributed by atoms with Gasteiger partial charge in [0.25, 0.3) is 0 Å². The number of hydrogen-bond donors (Lipinski definition) is 0. The molecule has 6 aliphatic carbocycles. The van der Waals surface area contributed by atoms with Gasteiger partial charge in [0, 0.05) is 0 Å². The molecule has 0 N–H and O–H groups in total. The molecule has 6 aliphatic rings. The first-order valence-electron chi connectivity index (χ1n) is 21.3. The molecule has 0 aromatic rings. The first kappa shape index (κ1) is 33.6. The molecule has 6 rings (SSSR count). The van der Waals surface area contributed by atoms with Gasteiger partial charge in [0.1, 0.15) is 0 Å². The van der Waals surface area contributed by atoms with E-state index in [1.807, 2.05) is 0 Å². The number of hydrogen-bond acceptors (Lipinski definition) is 0. The highest BCUT2D eigenvalue weighted by atomic mass is 14.6. The Kier molecular flexibility index (Phi) is 12.4. The van der Waals surface area contributed by atoms with E-state index in [1.165, 1.54) is 77.0 Å². The van der Waals surface area contributed by atoms with Gasteiger partial charge in [-0.15, -0.1) is 0 Å². The molecule has 5 fully saturated rings. The van der Waals surface area contributed by atoms with Crippen molar-refractivity contribution in [1.82, 2.24) is 0 Å². The van der Waals surface area contributed by atoms with Crippen LogP contribution in [0, 0.1) is 82.9 Å². The van der Waals surface area contributed by atoms with Crippen LogP contribution in [-0.4, -0.2) is 0 Å². The van der Waals surface area contributed by atoms with Crippen LogP contribution in [0.5, 0.6) is 0 Å². The van der Waals surface area contributed by atoms with E-state index in [0.29, 0.717) is 0 Å². The van der Waals surface area contributed by atoms with Gasteiger partial charge >= 0.3 is 0 Å². The van der Waals surface area contributed by atoms with E-state index in [2.05, 4.69) is 39.8 Å². The highest BCUT2D eigenvalue weighted by molar-refractivity contribution is 5.07. The van der Waals surface area contributed by atoms with E-state index in [4.69, 9.17) is 0 Å². The van der Waals surface area contributed by atoms with Crippen LogP contribution < -0.4 is 0 Å². The van der Waals surface area contributed by atoms with Gasteiger partial charge in [0.2, 0.25) is 0 Å². The van der Waals surface area contributed by atoms with E-state index in [-0.39, 0.29) is 0 Å². The fourth-order valence-corrected chi connectivity index (χ4v) is 14.1. The SMILES string of the molecule is CCCC1C(C2CCCC2C2CCCC2)C(C)CC(C2CCCCC2)CC(C2C=CC(CC)C(CC)C2)C1C1CCCCC1. The maximum Gasteiger partial charge on any atom is -0.0199 e. The van der Waals surface area contributed by atoms with Crippen molar-refractivity contribution in [2.24, 2.45) is 82.9 Å². The molecule has 0 aliphatic heterocycles. The molecular formula is C44H76. The van der Waals surface area contributed by atoms with Crippen LogP contribution in [0.15, 0.2) is 12.2 Å². The highest BCUT2D eigenvalue weighted by Gasteiger charge is 2.51. The summed E-state index contributed by atoms with van der Waals surface area (Å²) in [6.45, 7) is 10.4. The minimum Gasteiger partial charge on any atom is -0.0849 e. The lowest BCUT2D eigenvalue weighted by Crippen LogP contribution is -2.47. The molecule has 11 atom stereocenters. The second kappa shape index (κ2) is 16.2. The Morgan fingerprint density at radius 1 is 0.500 bits per heavy atom. The molecule has 252 valence electrons. The first-order chi connectivity index (χ1) is 21.6. The maximum atomic E-state index is 2.87. The molecule has 0 heteroatoms. The van der Waals surface area contributed by atoms with Gasteiger partial charge in [-0.2, -0.15) is 0 Å². The monoisotopic (exact) mass is 605 g/mol. The Morgan fingerprint density at radius 3 is 1.80 bits per heavy atom. The van der Waals surface area contributed by atoms with Gasteiger partial charge in [0.15, 0.2) is 0 Å². The van der Waals surface area contributed by atoms with Gasteiger partial charge in [-0.05, 0) is 121 Å². The third-order valence-corrected chi connectivity index (χ3v) is 16.0. The van der Waals surface area contributed by atoms with Crippen molar-refractivity contribution in [2.45, 2.75) is 182 Å². The van der Waals surface area contributed by atoms with Gasteiger partial charge in [-0.1, -0.05) is 155 Å². The first-order valence-corrected chi connectivity index (χ1v) is 21.3. The fraction of sp³-hybridized carbons (Fsp3) is 0.955. The summed E-state index contributed by atoms with van der Waals surface area (Å²) in [4.78, 5) is 0. The second-order valence-corrected chi connectivity index (χ2v) is 18.1. The largest absolute Gasteiger partial charge is 0.0849 e. The molecule has 0 nitrogen and oxygen atoms in total. The Balaban J connectivity index is 1.42. The topological polar surface area (TPSA) is 0 Å². The maximum absolute atomic E-state index is 2.87. The van der Waals surface area contributed by atoms with Crippen LogP contribution in [0.4, 0.5) is 0 Å². The van der Waals surface area contributed by atoms with Crippen molar-refractivity contribution >= 4 is 0 Å². The molecule has 0 aromatic carbocycles.